The van der Waals surface area contributed by atoms with Gasteiger partial charge in [0, 0.05) is 22.7 Å². The molecular formula is C20H21ClN2O4. The molecule has 6 nitrogen and oxygen atoms in total. The minimum atomic E-state index is -1.82. The highest BCUT2D eigenvalue weighted by molar-refractivity contribution is 6.32. The number of carboxylic acids is 2. The Balaban J connectivity index is 0.000000380. The zero-order valence-electron chi connectivity index (χ0n) is 14.9. The summed E-state index contributed by atoms with van der Waals surface area (Å²) in [4.78, 5) is 23.1. The van der Waals surface area contributed by atoms with Crippen molar-refractivity contribution in [2.45, 2.75) is 12.8 Å². The Bertz CT molecular complexity index is 853. The number of fused-ring (bicyclic) bond motifs is 2. The smallest absolute Gasteiger partial charge is 0.414 e. The second-order valence-electron chi connectivity index (χ2n) is 5.87. The number of carbonyl (C=O) groups is 2. The van der Waals surface area contributed by atoms with E-state index in [4.69, 9.17) is 36.4 Å². The molecule has 2 aromatic rings. The number of hydrogen-bond acceptors (Lipinski definition) is 4. The molecule has 27 heavy (non-hydrogen) atoms. The molecule has 0 radical (unpaired) electrons. The van der Waals surface area contributed by atoms with Gasteiger partial charge in [-0.1, -0.05) is 48.0 Å². The highest BCUT2D eigenvalue weighted by Crippen LogP contribution is 2.29. The lowest BCUT2D eigenvalue weighted by Crippen LogP contribution is -2.14. The predicted molar refractivity (Wildman–Crippen MR) is 105 cm³/mol. The molecule has 0 aliphatic heterocycles. The molecule has 0 unspecified atom stereocenters. The van der Waals surface area contributed by atoms with Gasteiger partial charge in [-0.3, -0.25) is 4.99 Å². The molecule has 0 saturated carbocycles. The Morgan fingerprint density at radius 1 is 1.04 bits per heavy atom. The Morgan fingerprint density at radius 2 is 1.70 bits per heavy atom. The van der Waals surface area contributed by atoms with Gasteiger partial charge in [0.25, 0.3) is 0 Å². The molecule has 1 aliphatic carbocycles. The lowest BCUT2D eigenvalue weighted by atomic mass is 9.98. The van der Waals surface area contributed by atoms with Crippen LogP contribution in [0.15, 0.2) is 47.5 Å². The number of likely N-dealkylation sites (N-methyl/N-ethyl adjacent to an activating group) is 1. The number of nitrogens with one attached hydrogen (secondary N) is 1. The summed E-state index contributed by atoms with van der Waals surface area (Å²) >= 11 is 6.42. The summed E-state index contributed by atoms with van der Waals surface area (Å²) in [7, 11) is 1.95. The number of nitrogens with zero attached hydrogens (tertiary/aromatic N) is 1. The van der Waals surface area contributed by atoms with Gasteiger partial charge in [-0.15, -0.1) is 0 Å². The van der Waals surface area contributed by atoms with E-state index in [0.29, 0.717) is 0 Å². The summed E-state index contributed by atoms with van der Waals surface area (Å²) in [6.07, 6.45) is 1.98. The lowest BCUT2D eigenvalue weighted by molar-refractivity contribution is -0.159. The zero-order valence-corrected chi connectivity index (χ0v) is 15.7. The van der Waals surface area contributed by atoms with Crippen LogP contribution in [-0.4, -0.2) is 48.0 Å². The van der Waals surface area contributed by atoms with Crippen LogP contribution in [0, 0.1) is 0 Å². The second kappa shape index (κ2) is 9.85. The van der Waals surface area contributed by atoms with Crippen molar-refractivity contribution in [1.82, 2.24) is 5.32 Å². The van der Waals surface area contributed by atoms with Gasteiger partial charge in [-0.25, -0.2) is 9.59 Å². The average Bonchev–Trinajstić information content (AvgIpc) is 2.81. The summed E-state index contributed by atoms with van der Waals surface area (Å²) < 4.78 is 0. The number of aliphatic imine (C=N–C) groups is 1. The van der Waals surface area contributed by atoms with Crippen LogP contribution in [0.1, 0.15) is 22.3 Å². The van der Waals surface area contributed by atoms with Crippen LogP contribution >= 0.6 is 11.6 Å². The van der Waals surface area contributed by atoms with E-state index in [-0.39, 0.29) is 0 Å². The molecule has 7 heteroatoms. The highest BCUT2D eigenvalue weighted by atomic mass is 35.5. The van der Waals surface area contributed by atoms with Crippen molar-refractivity contribution >= 4 is 29.3 Å². The van der Waals surface area contributed by atoms with E-state index in [2.05, 4.69) is 35.6 Å². The van der Waals surface area contributed by atoms with Crippen LogP contribution < -0.4 is 5.32 Å². The van der Waals surface area contributed by atoms with Gasteiger partial charge in [0.1, 0.15) is 0 Å². The number of aryl methyl sites for hydroxylation is 1. The molecule has 0 bridgehead atoms. The van der Waals surface area contributed by atoms with Gasteiger partial charge in [0.15, 0.2) is 0 Å². The van der Waals surface area contributed by atoms with Crippen LogP contribution in [0.2, 0.25) is 5.02 Å². The Kier molecular flexibility index (Phi) is 7.52. The summed E-state index contributed by atoms with van der Waals surface area (Å²) in [5, 5.41) is 18.8. The molecule has 3 rings (SSSR count). The normalized spacial score (nSPS) is 13.6. The standard InChI is InChI=1S/C18H19ClN2.C2H2O4/c1-20-11-12-21-18-14-6-3-2-5-13(14)9-10-15-16(18)7-4-8-17(15)19;3-1(4)2(5)6/h2-8,20H,9-12H2,1H3;(H,3,4)(H,5,6). The minimum Gasteiger partial charge on any atom is -0.473 e. The molecule has 0 saturated heterocycles. The van der Waals surface area contributed by atoms with Gasteiger partial charge < -0.3 is 15.5 Å². The van der Waals surface area contributed by atoms with Crippen molar-refractivity contribution in [3.8, 4) is 0 Å². The molecule has 0 amide bonds. The van der Waals surface area contributed by atoms with E-state index >= 15 is 0 Å². The van der Waals surface area contributed by atoms with Gasteiger partial charge >= 0.3 is 11.9 Å². The van der Waals surface area contributed by atoms with Crippen molar-refractivity contribution in [2.75, 3.05) is 20.1 Å². The average molecular weight is 389 g/mol. The van der Waals surface area contributed by atoms with Crippen LogP contribution in [-0.2, 0) is 22.4 Å². The molecule has 0 spiro atoms. The number of rotatable bonds is 3. The second-order valence-corrected chi connectivity index (χ2v) is 6.27. The fraction of sp³-hybridized carbons (Fsp3) is 0.250. The molecule has 0 fully saturated rings. The van der Waals surface area contributed by atoms with Crippen LogP contribution in [0.5, 0.6) is 0 Å². The van der Waals surface area contributed by atoms with E-state index in [1.807, 2.05) is 19.2 Å². The van der Waals surface area contributed by atoms with Crippen molar-refractivity contribution < 1.29 is 19.8 Å². The van der Waals surface area contributed by atoms with Crippen LogP contribution in [0.3, 0.4) is 0 Å². The number of hydrogen-bond donors (Lipinski definition) is 3. The van der Waals surface area contributed by atoms with Gasteiger partial charge in [0.2, 0.25) is 0 Å². The summed E-state index contributed by atoms with van der Waals surface area (Å²) in [5.41, 5.74) is 6.08. The molecule has 1 aliphatic rings. The quantitative estimate of drug-likeness (QED) is 0.554. The van der Waals surface area contributed by atoms with Crippen molar-refractivity contribution in [3.05, 3.63) is 69.7 Å². The Morgan fingerprint density at radius 3 is 2.37 bits per heavy atom. The molecule has 0 aromatic heterocycles. The molecular weight excluding hydrogens is 368 g/mol. The molecule has 0 heterocycles. The third-order valence-corrected chi connectivity index (χ3v) is 4.46. The SMILES string of the molecule is CNCCN=C1c2ccccc2CCc2c(Cl)cccc21.O=C(O)C(=O)O. The van der Waals surface area contributed by atoms with E-state index in [0.717, 1.165) is 36.7 Å². The molecule has 0 atom stereocenters. The third-order valence-electron chi connectivity index (χ3n) is 4.11. The summed E-state index contributed by atoms with van der Waals surface area (Å²) in [6.45, 7) is 1.65. The first-order valence-electron chi connectivity index (χ1n) is 8.47. The molecule has 142 valence electrons. The fourth-order valence-electron chi connectivity index (χ4n) is 2.86. The topological polar surface area (TPSA) is 99.0 Å². The molecule has 2 aromatic carbocycles. The minimum absolute atomic E-state index is 0.770. The maximum Gasteiger partial charge on any atom is 0.414 e. The fourth-order valence-corrected chi connectivity index (χ4v) is 3.13. The first-order valence-corrected chi connectivity index (χ1v) is 8.84. The van der Waals surface area contributed by atoms with E-state index in [1.54, 1.807) is 0 Å². The maximum atomic E-state index is 9.10. The van der Waals surface area contributed by atoms with E-state index < -0.39 is 11.9 Å². The van der Waals surface area contributed by atoms with Crippen molar-refractivity contribution in [3.63, 3.8) is 0 Å². The Hall–Kier alpha value is -2.70. The van der Waals surface area contributed by atoms with Gasteiger partial charge in [-0.05, 0) is 37.1 Å². The third kappa shape index (κ3) is 5.39. The van der Waals surface area contributed by atoms with Crippen LogP contribution in [0.4, 0.5) is 0 Å². The summed E-state index contributed by atoms with van der Waals surface area (Å²) in [6, 6.07) is 14.7. The number of carboxylic acid groups (broad SMARTS) is 2. The first-order chi connectivity index (χ1) is 13.0. The van der Waals surface area contributed by atoms with E-state index in [9.17, 15) is 0 Å². The first kappa shape index (κ1) is 20.6. The number of benzene rings is 2. The van der Waals surface area contributed by atoms with Crippen molar-refractivity contribution in [1.29, 1.82) is 0 Å². The Labute approximate surface area is 162 Å². The molecule has 3 N–H and O–H groups in total. The lowest BCUT2D eigenvalue weighted by Gasteiger charge is -2.11. The maximum absolute atomic E-state index is 9.10. The van der Waals surface area contributed by atoms with E-state index in [1.165, 1.54) is 22.3 Å². The monoisotopic (exact) mass is 388 g/mol. The number of halogens is 1. The number of aliphatic carboxylic acids is 2. The summed E-state index contributed by atoms with van der Waals surface area (Å²) in [5.74, 6) is -3.65. The largest absolute Gasteiger partial charge is 0.473 e. The predicted octanol–water partition coefficient (Wildman–Crippen LogP) is 2.65. The van der Waals surface area contributed by atoms with Gasteiger partial charge in [0.05, 0.1) is 12.3 Å². The zero-order chi connectivity index (χ0) is 19.8. The highest BCUT2D eigenvalue weighted by Gasteiger charge is 2.20. The van der Waals surface area contributed by atoms with Gasteiger partial charge in [-0.2, -0.15) is 0 Å². The van der Waals surface area contributed by atoms with Crippen molar-refractivity contribution in [2.24, 2.45) is 4.99 Å². The van der Waals surface area contributed by atoms with Crippen LogP contribution in [0.25, 0.3) is 0 Å².